The molecule has 1 aliphatic rings. The van der Waals surface area contributed by atoms with Crippen LogP contribution in [0, 0.1) is 0 Å². The van der Waals surface area contributed by atoms with Gasteiger partial charge in [0.1, 0.15) is 0 Å². The molecule has 1 heterocycles. The Bertz CT molecular complexity index is 566. The molecule has 126 valence electrons. The van der Waals surface area contributed by atoms with Crippen molar-refractivity contribution >= 4 is 11.8 Å². The van der Waals surface area contributed by atoms with E-state index in [0.717, 1.165) is 18.5 Å². The van der Waals surface area contributed by atoms with Crippen LogP contribution in [-0.4, -0.2) is 44.3 Å². The van der Waals surface area contributed by atoms with E-state index in [0.29, 0.717) is 30.3 Å². The molecule has 0 saturated carbocycles. The Kier molecular flexibility index (Phi) is 5.73. The van der Waals surface area contributed by atoms with E-state index in [4.69, 9.17) is 14.2 Å². The van der Waals surface area contributed by atoms with Crippen molar-refractivity contribution in [3.63, 3.8) is 0 Å². The monoisotopic (exact) mass is 320 g/mol. The molecule has 6 nitrogen and oxygen atoms in total. The molecule has 0 atom stereocenters. The van der Waals surface area contributed by atoms with Crippen molar-refractivity contribution in [1.29, 1.82) is 0 Å². The van der Waals surface area contributed by atoms with Gasteiger partial charge in [0.05, 0.1) is 25.7 Å². The SMILES string of the molecule is C=C(C)OC(=O)N1CCC(Nc2cccc(OC)c2OC)CC1. The Morgan fingerprint density at radius 1 is 1.26 bits per heavy atom. The lowest BCUT2D eigenvalue weighted by Gasteiger charge is -2.32. The van der Waals surface area contributed by atoms with Crippen molar-refractivity contribution in [1.82, 2.24) is 4.90 Å². The molecule has 0 unspecified atom stereocenters. The minimum absolute atomic E-state index is 0.268. The zero-order valence-corrected chi connectivity index (χ0v) is 13.9. The predicted octanol–water partition coefficient (Wildman–Crippen LogP) is 3.25. The van der Waals surface area contributed by atoms with Crippen LogP contribution >= 0.6 is 0 Å². The molecule has 23 heavy (non-hydrogen) atoms. The number of allylic oxidation sites excluding steroid dienone is 1. The molecule has 6 heteroatoms. The Balaban J connectivity index is 1.94. The standard InChI is InChI=1S/C17H24N2O4/c1-12(2)23-17(20)19-10-8-13(9-11-19)18-14-6-5-7-15(21-3)16(14)22-4/h5-7,13,18H,1,8-11H2,2-4H3. The highest BCUT2D eigenvalue weighted by Gasteiger charge is 2.24. The van der Waals surface area contributed by atoms with Crippen molar-refractivity contribution in [3.05, 3.63) is 30.5 Å². The van der Waals surface area contributed by atoms with Gasteiger partial charge in [-0.05, 0) is 31.9 Å². The fourth-order valence-corrected chi connectivity index (χ4v) is 2.64. The molecular weight excluding hydrogens is 296 g/mol. The van der Waals surface area contributed by atoms with Gasteiger partial charge in [0.25, 0.3) is 0 Å². The summed E-state index contributed by atoms with van der Waals surface area (Å²) in [5.74, 6) is 1.80. The second-order valence-electron chi connectivity index (χ2n) is 5.52. The average molecular weight is 320 g/mol. The van der Waals surface area contributed by atoms with Crippen LogP contribution in [0.3, 0.4) is 0 Å². The Labute approximate surface area is 137 Å². The maximum Gasteiger partial charge on any atom is 0.414 e. The van der Waals surface area contributed by atoms with Gasteiger partial charge < -0.3 is 24.4 Å². The van der Waals surface area contributed by atoms with E-state index in [-0.39, 0.29) is 12.1 Å². The molecule has 1 fully saturated rings. The number of methoxy groups -OCH3 is 2. The maximum atomic E-state index is 11.8. The molecule has 1 N–H and O–H groups in total. The number of nitrogens with one attached hydrogen (secondary N) is 1. The number of carbonyl (C=O) groups is 1. The zero-order chi connectivity index (χ0) is 16.8. The van der Waals surface area contributed by atoms with Gasteiger partial charge in [-0.25, -0.2) is 4.79 Å². The first kappa shape index (κ1) is 17.0. The van der Waals surface area contributed by atoms with Gasteiger partial charge in [0, 0.05) is 19.1 Å². The summed E-state index contributed by atoms with van der Waals surface area (Å²) >= 11 is 0. The number of amides is 1. The number of benzene rings is 1. The summed E-state index contributed by atoms with van der Waals surface area (Å²) in [5, 5.41) is 3.47. The van der Waals surface area contributed by atoms with E-state index in [9.17, 15) is 4.79 Å². The summed E-state index contributed by atoms with van der Waals surface area (Å²) in [5.41, 5.74) is 0.898. The van der Waals surface area contributed by atoms with Crippen LogP contribution in [0.15, 0.2) is 30.5 Å². The average Bonchev–Trinajstić information content (AvgIpc) is 2.54. The molecule has 0 aromatic heterocycles. The molecule has 1 aromatic rings. The highest BCUT2D eigenvalue weighted by atomic mass is 16.6. The summed E-state index contributed by atoms with van der Waals surface area (Å²) in [6, 6.07) is 6.01. The largest absolute Gasteiger partial charge is 0.493 e. The second kappa shape index (κ2) is 7.76. The summed E-state index contributed by atoms with van der Waals surface area (Å²) in [4.78, 5) is 13.5. The number of anilines is 1. The molecule has 1 saturated heterocycles. The molecule has 0 aliphatic carbocycles. The lowest BCUT2D eigenvalue weighted by molar-refractivity contribution is 0.119. The highest BCUT2D eigenvalue weighted by Crippen LogP contribution is 2.35. The third kappa shape index (κ3) is 4.31. The van der Waals surface area contributed by atoms with Gasteiger partial charge in [-0.15, -0.1) is 0 Å². The molecular formula is C17H24N2O4. The van der Waals surface area contributed by atoms with Crippen molar-refractivity contribution in [2.75, 3.05) is 32.6 Å². The van der Waals surface area contributed by atoms with E-state index in [1.54, 1.807) is 26.0 Å². The van der Waals surface area contributed by atoms with Crippen LogP contribution < -0.4 is 14.8 Å². The van der Waals surface area contributed by atoms with E-state index < -0.39 is 0 Å². The van der Waals surface area contributed by atoms with E-state index in [2.05, 4.69) is 11.9 Å². The van der Waals surface area contributed by atoms with E-state index in [1.807, 2.05) is 18.2 Å². The van der Waals surface area contributed by atoms with E-state index in [1.165, 1.54) is 0 Å². The first-order chi connectivity index (χ1) is 11.0. The van der Waals surface area contributed by atoms with Gasteiger partial charge in [-0.3, -0.25) is 0 Å². The number of likely N-dealkylation sites (tertiary alicyclic amines) is 1. The lowest BCUT2D eigenvalue weighted by Crippen LogP contribution is -2.42. The molecule has 1 aliphatic heterocycles. The van der Waals surface area contributed by atoms with Crippen LogP contribution in [0.2, 0.25) is 0 Å². The van der Waals surface area contributed by atoms with Gasteiger partial charge in [0.15, 0.2) is 11.5 Å². The van der Waals surface area contributed by atoms with Crippen molar-refractivity contribution in [2.24, 2.45) is 0 Å². The Hall–Kier alpha value is -2.37. The molecule has 1 amide bonds. The zero-order valence-electron chi connectivity index (χ0n) is 13.9. The minimum atomic E-state index is -0.324. The summed E-state index contributed by atoms with van der Waals surface area (Å²) < 4.78 is 15.8. The first-order valence-corrected chi connectivity index (χ1v) is 7.65. The van der Waals surface area contributed by atoms with Gasteiger partial charge in [-0.2, -0.15) is 0 Å². The van der Waals surface area contributed by atoms with Crippen LogP contribution in [0.1, 0.15) is 19.8 Å². The van der Waals surface area contributed by atoms with E-state index >= 15 is 0 Å². The first-order valence-electron chi connectivity index (χ1n) is 7.65. The third-order valence-electron chi connectivity index (χ3n) is 3.78. The predicted molar refractivity (Wildman–Crippen MR) is 89.1 cm³/mol. The van der Waals surface area contributed by atoms with Crippen molar-refractivity contribution in [2.45, 2.75) is 25.8 Å². The van der Waals surface area contributed by atoms with Crippen LogP contribution in [-0.2, 0) is 4.74 Å². The number of ether oxygens (including phenoxy) is 3. The molecule has 0 spiro atoms. The smallest absolute Gasteiger partial charge is 0.414 e. The fourth-order valence-electron chi connectivity index (χ4n) is 2.64. The number of hydrogen-bond donors (Lipinski definition) is 1. The summed E-state index contributed by atoms with van der Waals surface area (Å²) in [7, 11) is 3.24. The second-order valence-corrected chi connectivity index (χ2v) is 5.52. The molecule has 1 aromatic carbocycles. The summed E-state index contributed by atoms with van der Waals surface area (Å²) in [6.45, 7) is 6.55. The summed E-state index contributed by atoms with van der Waals surface area (Å²) in [6.07, 6.45) is 1.35. The topological polar surface area (TPSA) is 60.0 Å². The van der Waals surface area contributed by atoms with Crippen LogP contribution in [0.4, 0.5) is 10.5 Å². The molecule has 2 rings (SSSR count). The fraction of sp³-hybridized carbons (Fsp3) is 0.471. The highest BCUT2D eigenvalue weighted by molar-refractivity contribution is 5.69. The quantitative estimate of drug-likeness (QED) is 0.844. The van der Waals surface area contributed by atoms with Crippen molar-refractivity contribution in [3.8, 4) is 11.5 Å². The van der Waals surface area contributed by atoms with Crippen molar-refractivity contribution < 1.29 is 19.0 Å². The van der Waals surface area contributed by atoms with Gasteiger partial charge >= 0.3 is 6.09 Å². The minimum Gasteiger partial charge on any atom is -0.493 e. The Morgan fingerprint density at radius 3 is 2.52 bits per heavy atom. The number of hydrogen-bond acceptors (Lipinski definition) is 5. The third-order valence-corrected chi connectivity index (χ3v) is 3.78. The normalized spacial score (nSPS) is 15.0. The molecule has 0 bridgehead atoms. The number of para-hydroxylation sites is 1. The maximum absolute atomic E-state index is 11.8. The van der Waals surface area contributed by atoms with Gasteiger partial charge in [-0.1, -0.05) is 12.6 Å². The lowest BCUT2D eigenvalue weighted by atomic mass is 10.0. The number of rotatable bonds is 5. The number of piperidine rings is 1. The number of nitrogens with zero attached hydrogens (tertiary/aromatic N) is 1. The Morgan fingerprint density at radius 2 is 1.96 bits per heavy atom. The van der Waals surface area contributed by atoms with Crippen LogP contribution in [0.25, 0.3) is 0 Å². The number of carbonyl (C=O) groups excluding carboxylic acids is 1. The van der Waals surface area contributed by atoms with Crippen LogP contribution in [0.5, 0.6) is 11.5 Å². The molecule has 0 radical (unpaired) electrons. The van der Waals surface area contributed by atoms with Gasteiger partial charge in [0.2, 0.25) is 0 Å².